The summed E-state index contributed by atoms with van der Waals surface area (Å²) in [7, 11) is 1.61. The molecular formula is C19H20N4O5S. The van der Waals surface area contributed by atoms with Gasteiger partial charge in [0.2, 0.25) is 0 Å². The van der Waals surface area contributed by atoms with E-state index in [1.807, 2.05) is 13.0 Å². The third-order valence-corrected chi connectivity index (χ3v) is 5.81. The molecule has 1 N–H and O–H groups in total. The van der Waals surface area contributed by atoms with Crippen molar-refractivity contribution >= 4 is 27.7 Å². The van der Waals surface area contributed by atoms with Crippen LogP contribution in [0.4, 0.5) is 0 Å². The second kappa shape index (κ2) is 7.80. The summed E-state index contributed by atoms with van der Waals surface area (Å²) < 4.78 is 22.9. The molecule has 152 valence electrons. The Balaban J connectivity index is 1.54. The zero-order valence-corrected chi connectivity index (χ0v) is 17.0. The van der Waals surface area contributed by atoms with Crippen LogP contribution in [-0.4, -0.2) is 51.0 Å². The molecule has 3 heterocycles. The minimum atomic E-state index is -1.43. The van der Waals surface area contributed by atoms with Crippen molar-refractivity contribution in [1.82, 2.24) is 20.0 Å². The summed E-state index contributed by atoms with van der Waals surface area (Å²) in [4.78, 5) is 29.6. The van der Waals surface area contributed by atoms with Gasteiger partial charge >= 0.3 is 0 Å². The summed E-state index contributed by atoms with van der Waals surface area (Å²) in [6.45, 7) is 2.08. The summed E-state index contributed by atoms with van der Waals surface area (Å²) in [5.41, 5.74) is 3.64. The van der Waals surface area contributed by atoms with E-state index in [0.29, 0.717) is 34.4 Å². The molecule has 0 spiro atoms. The van der Waals surface area contributed by atoms with Crippen molar-refractivity contribution in [2.75, 3.05) is 20.8 Å². The molecule has 1 aliphatic rings. The quantitative estimate of drug-likeness (QED) is 0.654. The predicted octanol–water partition coefficient (Wildman–Crippen LogP) is 1.87. The molecule has 0 bridgehead atoms. The number of imidazole rings is 1. The van der Waals surface area contributed by atoms with E-state index in [4.69, 9.17) is 14.3 Å². The number of hydrogen-bond donors (Lipinski definition) is 1. The fraction of sp³-hybridized carbons (Fsp3) is 0.316. The van der Waals surface area contributed by atoms with Gasteiger partial charge in [0.25, 0.3) is 5.91 Å². The number of benzene rings is 1. The van der Waals surface area contributed by atoms with Crippen LogP contribution in [0.3, 0.4) is 0 Å². The second-order valence-corrected chi connectivity index (χ2v) is 7.92. The standard InChI is InChI=1S/C19H20N4O5S/c1-11-16(20-7-12-8-23(28-18(11)12)17(24)9-26-2)10-29(25)19-21-14-5-4-13(27-3)6-15(14)22-19/h4-7H,8-10H2,1-3H3,(H,21,22). The average Bonchev–Trinajstić information content (AvgIpc) is 3.34. The van der Waals surface area contributed by atoms with Gasteiger partial charge in [-0.3, -0.25) is 14.0 Å². The van der Waals surface area contributed by atoms with Crippen LogP contribution in [0.15, 0.2) is 29.6 Å². The van der Waals surface area contributed by atoms with Gasteiger partial charge in [-0.1, -0.05) is 0 Å². The Morgan fingerprint density at radius 1 is 1.38 bits per heavy atom. The molecule has 1 atom stereocenters. The van der Waals surface area contributed by atoms with E-state index >= 15 is 0 Å². The van der Waals surface area contributed by atoms with Gasteiger partial charge < -0.3 is 19.3 Å². The van der Waals surface area contributed by atoms with Crippen molar-refractivity contribution in [3.8, 4) is 11.5 Å². The first-order chi connectivity index (χ1) is 14.0. The van der Waals surface area contributed by atoms with Crippen molar-refractivity contribution in [1.29, 1.82) is 0 Å². The average molecular weight is 416 g/mol. The molecule has 3 aromatic rings. The highest BCUT2D eigenvalue weighted by Crippen LogP contribution is 2.33. The molecule has 9 nitrogen and oxygen atoms in total. The van der Waals surface area contributed by atoms with Crippen molar-refractivity contribution < 1.29 is 23.3 Å². The smallest absolute Gasteiger partial charge is 0.281 e. The Kier molecular flexibility index (Phi) is 5.20. The predicted molar refractivity (Wildman–Crippen MR) is 105 cm³/mol. The Labute approximate surface area is 169 Å². The summed E-state index contributed by atoms with van der Waals surface area (Å²) in [5, 5.41) is 1.61. The summed E-state index contributed by atoms with van der Waals surface area (Å²) in [5.74, 6) is 1.17. The third kappa shape index (κ3) is 3.68. The number of carbonyl (C=O) groups is 1. The number of rotatable bonds is 6. The van der Waals surface area contributed by atoms with Gasteiger partial charge in [-0.15, -0.1) is 0 Å². The number of nitrogens with one attached hydrogen (secondary N) is 1. The lowest BCUT2D eigenvalue weighted by Gasteiger charge is -2.14. The highest BCUT2D eigenvalue weighted by molar-refractivity contribution is 7.84. The van der Waals surface area contributed by atoms with Gasteiger partial charge in [-0.05, 0) is 19.1 Å². The Morgan fingerprint density at radius 3 is 2.97 bits per heavy atom. The van der Waals surface area contributed by atoms with Gasteiger partial charge in [0, 0.05) is 30.5 Å². The highest BCUT2D eigenvalue weighted by Gasteiger charge is 2.29. The number of fused-ring (bicyclic) bond motifs is 2. The first kappa shape index (κ1) is 19.3. The molecule has 1 amide bonds. The zero-order valence-electron chi connectivity index (χ0n) is 16.2. The third-order valence-electron chi connectivity index (χ3n) is 4.65. The molecule has 1 aromatic carbocycles. The highest BCUT2D eigenvalue weighted by atomic mass is 32.2. The number of nitrogens with zero attached hydrogens (tertiary/aromatic N) is 3. The molecule has 29 heavy (non-hydrogen) atoms. The van der Waals surface area contributed by atoms with E-state index in [2.05, 4.69) is 15.0 Å². The van der Waals surface area contributed by atoms with Crippen LogP contribution in [0.1, 0.15) is 16.8 Å². The van der Waals surface area contributed by atoms with Gasteiger partial charge in [-0.25, -0.2) is 4.98 Å². The monoisotopic (exact) mass is 416 g/mol. The largest absolute Gasteiger partial charge is 0.497 e. The van der Waals surface area contributed by atoms with Crippen LogP contribution < -0.4 is 9.57 Å². The minimum Gasteiger partial charge on any atom is -0.497 e. The fourth-order valence-corrected chi connectivity index (χ4v) is 4.19. The summed E-state index contributed by atoms with van der Waals surface area (Å²) in [6, 6.07) is 5.42. The molecule has 0 saturated heterocycles. The minimum absolute atomic E-state index is 0.0613. The van der Waals surface area contributed by atoms with E-state index in [0.717, 1.165) is 16.6 Å². The maximum absolute atomic E-state index is 12.9. The number of ether oxygens (including phenoxy) is 2. The van der Waals surface area contributed by atoms with Crippen LogP contribution in [0.25, 0.3) is 11.0 Å². The van der Waals surface area contributed by atoms with Crippen molar-refractivity contribution in [2.45, 2.75) is 24.4 Å². The second-order valence-electron chi connectivity index (χ2n) is 6.55. The number of hydroxylamine groups is 2. The van der Waals surface area contributed by atoms with Crippen molar-refractivity contribution in [2.24, 2.45) is 0 Å². The topological polar surface area (TPSA) is 107 Å². The van der Waals surface area contributed by atoms with E-state index < -0.39 is 10.8 Å². The van der Waals surface area contributed by atoms with Crippen LogP contribution >= 0.6 is 0 Å². The van der Waals surface area contributed by atoms with E-state index in [1.54, 1.807) is 25.4 Å². The van der Waals surface area contributed by atoms with Crippen LogP contribution in [0.5, 0.6) is 11.5 Å². The normalized spacial score (nSPS) is 14.0. The van der Waals surface area contributed by atoms with Crippen molar-refractivity contribution in [3.63, 3.8) is 0 Å². The Hall–Kier alpha value is -2.98. The van der Waals surface area contributed by atoms with Gasteiger partial charge in [0.1, 0.15) is 12.4 Å². The SMILES string of the molecule is COCC(=O)N1Cc2cnc(CS(=O)c3nc4ccc(OC)cc4[nH]3)c(C)c2O1. The van der Waals surface area contributed by atoms with E-state index in [9.17, 15) is 9.00 Å². The molecule has 1 aliphatic heterocycles. The number of hydrogen-bond acceptors (Lipinski definition) is 7. The van der Waals surface area contributed by atoms with Crippen LogP contribution in [0.2, 0.25) is 0 Å². The Morgan fingerprint density at radius 2 is 2.21 bits per heavy atom. The van der Waals surface area contributed by atoms with Crippen LogP contribution in [-0.2, 0) is 32.6 Å². The lowest BCUT2D eigenvalue weighted by Crippen LogP contribution is -2.32. The fourth-order valence-electron chi connectivity index (χ4n) is 3.09. The number of methoxy groups -OCH3 is 2. The number of H-pyrrole nitrogens is 1. The number of aromatic amines is 1. The summed E-state index contributed by atoms with van der Waals surface area (Å²) >= 11 is 0. The molecule has 0 aliphatic carbocycles. The molecule has 4 rings (SSSR count). The first-order valence-electron chi connectivity index (χ1n) is 8.87. The molecule has 0 saturated carbocycles. The lowest BCUT2D eigenvalue weighted by molar-refractivity contribution is -0.159. The molecule has 0 fully saturated rings. The van der Waals surface area contributed by atoms with E-state index in [1.165, 1.54) is 12.2 Å². The maximum atomic E-state index is 12.9. The van der Waals surface area contributed by atoms with E-state index in [-0.39, 0.29) is 18.3 Å². The summed E-state index contributed by atoms with van der Waals surface area (Å²) in [6.07, 6.45) is 1.65. The van der Waals surface area contributed by atoms with Crippen LogP contribution in [0, 0.1) is 6.92 Å². The van der Waals surface area contributed by atoms with Gasteiger partial charge in [-0.2, -0.15) is 5.06 Å². The molecule has 2 aromatic heterocycles. The number of amides is 1. The zero-order chi connectivity index (χ0) is 20.5. The number of carbonyl (C=O) groups excluding carboxylic acids is 1. The lowest BCUT2D eigenvalue weighted by atomic mass is 10.1. The molecule has 0 radical (unpaired) electrons. The molecular weight excluding hydrogens is 396 g/mol. The first-order valence-corrected chi connectivity index (χ1v) is 10.2. The Bertz CT molecular complexity index is 1110. The van der Waals surface area contributed by atoms with Gasteiger partial charge in [0.15, 0.2) is 10.9 Å². The number of aromatic nitrogens is 3. The maximum Gasteiger partial charge on any atom is 0.281 e. The van der Waals surface area contributed by atoms with Crippen molar-refractivity contribution in [3.05, 3.63) is 41.2 Å². The molecule has 10 heteroatoms. The molecule has 1 unspecified atom stereocenters. The number of pyridine rings is 1. The van der Waals surface area contributed by atoms with Gasteiger partial charge in [0.05, 0.1) is 46.9 Å².